The second-order valence-electron chi connectivity index (χ2n) is 5.96. The smallest absolute Gasteiger partial charge is 0.246 e. The van der Waals surface area contributed by atoms with Crippen molar-refractivity contribution < 1.29 is 13.8 Å². The fourth-order valence-electron chi connectivity index (χ4n) is 2.76. The quantitative estimate of drug-likeness (QED) is 0.770. The SMILES string of the molecule is CCC(C)C1NC(=O)C(CC)N(C(C)CCS(C)=O)C1=O. The molecule has 1 rings (SSSR count). The normalized spacial score (nSPS) is 27.2. The van der Waals surface area contributed by atoms with Gasteiger partial charge in [0.25, 0.3) is 0 Å². The van der Waals surface area contributed by atoms with Crippen LogP contribution in [0.25, 0.3) is 0 Å². The van der Waals surface area contributed by atoms with Gasteiger partial charge >= 0.3 is 0 Å². The lowest BCUT2D eigenvalue weighted by Gasteiger charge is -2.43. The summed E-state index contributed by atoms with van der Waals surface area (Å²) in [6, 6.07) is -0.901. The lowest BCUT2D eigenvalue weighted by atomic mass is 9.92. The van der Waals surface area contributed by atoms with Crippen LogP contribution in [0.2, 0.25) is 0 Å². The summed E-state index contributed by atoms with van der Waals surface area (Å²) < 4.78 is 11.3. The summed E-state index contributed by atoms with van der Waals surface area (Å²) in [7, 11) is -0.881. The third-order valence-electron chi connectivity index (χ3n) is 4.35. The first kappa shape index (κ1) is 18.1. The fraction of sp³-hybridized carbons (Fsp3) is 0.867. The first-order chi connectivity index (χ1) is 9.83. The number of hydrogen-bond donors (Lipinski definition) is 1. The van der Waals surface area contributed by atoms with Gasteiger partial charge in [0, 0.05) is 28.9 Å². The highest BCUT2D eigenvalue weighted by Gasteiger charge is 2.43. The number of hydrogen-bond acceptors (Lipinski definition) is 3. The van der Waals surface area contributed by atoms with Gasteiger partial charge in [0.15, 0.2) is 0 Å². The van der Waals surface area contributed by atoms with E-state index in [4.69, 9.17) is 0 Å². The molecule has 0 aromatic rings. The van der Waals surface area contributed by atoms with Crippen LogP contribution in [0.1, 0.15) is 47.0 Å². The lowest BCUT2D eigenvalue weighted by Crippen LogP contribution is -2.66. The van der Waals surface area contributed by atoms with E-state index in [1.165, 1.54) is 0 Å². The van der Waals surface area contributed by atoms with Crippen LogP contribution in [0.3, 0.4) is 0 Å². The average Bonchev–Trinajstić information content (AvgIpc) is 2.45. The third kappa shape index (κ3) is 4.28. The fourth-order valence-corrected chi connectivity index (χ4v) is 3.43. The van der Waals surface area contributed by atoms with Gasteiger partial charge in [0.05, 0.1) is 0 Å². The highest BCUT2D eigenvalue weighted by Crippen LogP contribution is 2.23. The van der Waals surface area contributed by atoms with E-state index < -0.39 is 22.9 Å². The molecule has 1 fully saturated rings. The minimum Gasteiger partial charge on any atom is -0.342 e. The van der Waals surface area contributed by atoms with Crippen LogP contribution in [-0.4, -0.2) is 51.1 Å². The van der Waals surface area contributed by atoms with Crippen molar-refractivity contribution in [3.63, 3.8) is 0 Å². The number of rotatable bonds is 7. The maximum Gasteiger partial charge on any atom is 0.246 e. The van der Waals surface area contributed by atoms with Gasteiger partial charge in [0.1, 0.15) is 12.1 Å². The van der Waals surface area contributed by atoms with Gasteiger partial charge in [-0.25, -0.2) is 0 Å². The van der Waals surface area contributed by atoms with Gasteiger partial charge in [-0.1, -0.05) is 27.2 Å². The zero-order valence-corrected chi connectivity index (χ0v) is 14.5. The maximum atomic E-state index is 12.8. The summed E-state index contributed by atoms with van der Waals surface area (Å²) in [5.74, 6) is 0.614. The molecule has 5 atom stereocenters. The standard InChI is InChI=1S/C15H28N2O3S/c1-6-10(3)13-15(19)17(11(4)8-9-21(5)20)12(7-2)14(18)16-13/h10-13H,6-9H2,1-5H3,(H,16,18). The largest absolute Gasteiger partial charge is 0.342 e. The zero-order chi connectivity index (χ0) is 16.2. The Labute approximate surface area is 130 Å². The average molecular weight is 316 g/mol. The Balaban J connectivity index is 2.95. The van der Waals surface area contributed by atoms with Crippen molar-refractivity contribution in [3.05, 3.63) is 0 Å². The molecule has 0 radical (unpaired) electrons. The van der Waals surface area contributed by atoms with Crippen molar-refractivity contribution in [2.75, 3.05) is 12.0 Å². The molecule has 5 nitrogen and oxygen atoms in total. The van der Waals surface area contributed by atoms with Crippen LogP contribution < -0.4 is 5.32 Å². The van der Waals surface area contributed by atoms with Crippen LogP contribution in [0.4, 0.5) is 0 Å². The Bertz CT molecular complexity index is 414. The van der Waals surface area contributed by atoms with Crippen molar-refractivity contribution in [2.24, 2.45) is 5.92 Å². The van der Waals surface area contributed by atoms with E-state index >= 15 is 0 Å². The molecule has 1 aliphatic rings. The van der Waals surface area contributed by atoms with E-state index in [1.807, 2.05) is 27.7 Å². The second kappa shape index (κ2) is 7.92. The number of nitrogens with one attached hydrogen (secondary N) is 1. The van der Waals surface area contributed by atoms with E-state index in [0.29, 0.717) is 18.6 Å². The van der Waals surface area contributed by atoms with Gasteiger partial charge in [-0.15, -0.1) is 0 Å². The molecule has 5 unspecified atom stereocenters. The second-order valence-corrected chi connectivity index (χ2v) is 7.51. The third-order valence-corrected chi connectivity index (χ3v) is 5.16. The Hall–Kier alpha value is -0.910. The molecule has 1 heterocycles. The van der Waals surface area contributed by atoms with Crippen LogP contribution in [0, 0.1) is 5.92 Å². The molecule has 0 aliphatic carbocycles. The minimum absolute atomic E-state index is 0.00480. The highest BCUT2D eigenvalue weighted by molar-refractivity contribution is 7.84. The van der Waals surface area contributed by atoms with E-state index in [9.17, 15) is 13.8 Å². The summed E-state index contributed by atoms with van der Waals surface area (Å²) in [6.07, 6.45) is 3.77. The van der Waals surface area contributed by atoms with Gasteiger partial charge in [-0.2, -0.15) is 0 Å². The van der Waals surface area contributed by atoms with E-state index in [2.05, 4.69) is 5.32 Å². The van der Waals surface area contributed by atoms with Crippen LogP contribution in [0.15, 0.2) is 0 Å². The molecule has 1 saturated heterocycles. The van der Waals surface area contributed by atoms with Gasteiger partial charge < -0.3 is 10.2 Å². The van der Waals surface area contributed by atoms with E-state index in [0.717, 1.165) is 6.42 Å². The molecule has 0 bridgehead atoms. The van der Waals surface area contributed by atoms with Crippen molar-refractivity contribution in [2.45, 2.75) is 65.1 Å². The first-order valence-corrected chi connectivity index (χ1v) is 9.48. The summed E-state index contributed by atoms with van der Waals surface area (Å²) in [5, 5.41) is 2.88. The van der Waals surface area contributed by atoms with Crippen LogP contribution in [0.5, 0.6) is 0 Å². The van der Waals surface area contributed by atoms with Gasteiger partial charge in [0.2, 0.25) is 11.8 Å². The minimum atomic E-state index is -0.881. The molecular formula is C15H28N2O3S. The number of carbonyl (C=O) groups is 2. The Morgan fingerprint density at radius 2 is 1.90 bits per heavy atom. The Morgan fingerprint density at radius 1 is 1.29 bits per heavy atom. The van der Waals surface area contributed by atoms with Crippen LogP contribution >= 0.6 is 0 Å². The molecule has 2 amide bonds. The molecule has 6 heteroatoms. The van der Waals surface area contributed by atoms with Crippen LogP contribution in [-0.2, 0) is 20.4 Å². The summed E-state index contributed by atoms with van der Waals surface area (Å²) in [4.78, 5) is 26.8. The molecule has 0 saturated carbocycles. The predicted octanol–water partition coefficient (Wildman–Crippen LogP) is 1.30. The monoisotopic (exact) mass is 316 g/mol. The van der Waals surface area contributed by atoms with E-state index in [-0.39, 0.29) is 23.8 Å². The molecular weight excluding hydrogens is 288 g/mol. The highest BCUT2D eigenvalue weighted by atomic mass is 32.2. The van der Waals surface area contributed by atoms with Gasteiger partial charge in [-0.05, 0) is 25.7 Å². The van der Waals surface area contributed by atoms with E-state index in [1.54, 1.807) is 11.2 Å². The van der Waals surface area contributed by atoms with Gasteiger partial charge in [-0.3, -0.25) is 13.8 Å². The summed E-state index contributed by atoms with van der Waals surface area (Å²) >= 11 is 0. The molecule has 0 aromatic heterocycles. The maximum absolute atomic E-state index is 12.8. The number of nitrogens with zero attached hydrogens (tertiary/aromatic N) is 1. The predicted molar refractivity (Wildman–Crippen MR) is 85.3 cm³/mol. The Morgan fingerprint density at radius 3 is 2.38 bits per heavy atom. The number of piperazine rings is 1. The number of amides is 2. The molecule has 0 spiro atoms. The lowest BCUT2D eigenvalue weighted by molar-refractivity contribution is -0.153. The summed E-state index contributed by atoms with van der Waals surface area (Å²) in [5.41, 5.74) is 0. The van der Waals surface area contributed by atoms with Crippen molar-refractivity contribution >= 4 is 22.6 Å². The Kier molecular flexibility index (Phi) is 6.84. The number of carbonyl (C=O) groups excluding carboxylic acids is 2. The van der Waals surface area contributed by atoms with Crippen molar-refractivity contribution in [1.82, 2.24) is 10.2 Å². The molecule has 1 aliphatic heterocycles. The molecule has 0 aromatic carbocycles. The molecule has 122 valence electrons. The summed E-state index contributed by atoms with van der Waals surface area (Å²) in [6.45, 7) is 7.86. The molecule has 1 N–H and O–H groups in total. The first-order valence-electron chi connectivity index (χ1n) is 7.75. The topological polar surface area (TPSA) is 66.5 Å². The van der Waals surface area contributed by atoms with Crippen molar-refractivity contribution in [3.8, 4) is 0 Å². The molecule has 21 heavy (non-hydrogen) atoms. The zero-order valence-electron chi connectivity index (χ0n) is 13.7. The van der Waals surface area contributed by atoms with Crippen molar-refractivity contribution in [1.29, 1.82) is 0 Å².